The molecule has 1 aromatic carbocycles. The fraction of sp³-hybridized carbons (Fsp3) is 0.111. The number of imidazole rings is 1. The molecule has 0 unspecified atom stereocenters. The molecule has 0 atom stereocenters. The van der Waals surface area contributed by atoms with Crippen LogP contribution in [-0.4, -0.2) is 30.6 Å². The van der Waals surface area contributed by atoms with Crippen LogP contribution in [0.1, 0.15) is 15.9 Å². The minimum absolute atomic E-state index is 0.136. The van der Waals surface area contributed by atoms with Crippen molar-refractivity contribution in [2.75, 3.05) is 0 Å². The van der Waals surface area contributed by atoms with Gasteiger partial charge in [0.15, 0.2) is 0 Å². The second-order valence-electron chi connectivity index (χ2n) is 5.80. The standard InChI is InChI=1S/C18H16N6O/c1-24-10-15(9-23-24)14-4-12(6-19-8-14)7-20-18(25)13-2-3-16-17(5-13)22-11-21-16/h2-6,8-11H,7H2,1H3,(H,20,25)(H,21,22). The van der Waals surface area contributed by atoms with Gasteiger partial charge >= 0.3 is 0 Å². The van der Waals surface area contributed by atoms with Gasteiger partial charge in [-0.3, -0.25) is 14.5 Å². The fourth-order valence-corrected chi connectivity index (χ4v) is 2.67. The average molecular weight is 332 g/mol. The number of pyridine rings is 1. The minimum Gasteiger partial charge on any atom is -0.348 e. The number of benzene rings is 1. The summed E-state index contributed by atoms with van der Waals surface area (Å²) in [5.74, 6) is -0.136. The number of carbonyl (C=O) groups excluding carboxylic acids is 1. The van der Waals surface area contributed by atoms with Crippen LogP contribution in [0.2, 0.25) is 0 Å². The molecule has 7 nitrogen and oxygen atoms in total. The zero-order chi connectivity index (χ0) is 17.2. The number of nitrogens with one attached hydrogen (secondary N) is 2. The topological polar surface area (TPSA) is 88.5 Å². The number of hydrogen-bond donors (Lipinski definition) is 2. The van der Waals surface area contributed by atoms with E-state index in [9.17, 15) is 4.79 Å². The number of aromatic amines is 1. The molecule has 0 aliphatic rings. The highest BCUT2D eigenvalue weighted by Crippen LogP contribution is 2.18. The van der Waals surface area contributed by atoms with Crippen molar-refractivity contribution >= 4 is 16.9 Å². The summed E-state index contributed by atoms with van der Waals surface area (Å²) in [4.78, 5) is 23.8. The molecule has 3 heterocycles. The van der Waals surface area contributed by atoms with Gasteiger partial charge in [0.25, 0.3) is 5.91 Å². The van der Waals surface area contributed by atoms with Crippen molar-refractivity contribution < 1.29 is 4.79 Å². The highest BCUT2D eigenvalue weighted by molar-refractivity contribution is 5.97. The van der Waals surface area contributed by atoms with E-state index in [1.54, 1.807) is 41.7 Å². The smallest absolute Gasteiger partial charge is 0.251 e. The fourth-order valence-electron chi connectivity index (χ4n) is 2.67. The summed E-state index contributed by atoms with van der Waals surface area (Å²) in [6.45, 7) is 0.404. The quantitative estimate of drug-likeness (QED) is 0.600. The van der Waals surface area contributed by atoms with Gasteiger partial charge in [0.05, 0.1) is 23.6 Å². The number of carbonyl (C=O) groups is 1. The Kier molecular flexibility index (Phi) is 3.74. The molecule has 0 saturated carbocycles. The lowest BCUT2D eigenvalue weighted by Gasteiger charge is -2.06. The van der Waals surface area contributed by atoms with Crippen molar-refractivity contribution in [3.63, 3.8) is 0 Å². The predicted octanol–water partition coefficient (Wildman–Crippen LogP) is 2.29. The normalized spacial score (nSPS) is 10.9. The van der Waals surface area contributed by atoms with Crippen molar-refractivity contribution in [2.24, 2.45) is 7.05 Å². The molecule has 0 fully saturated rings. The molecule has 4 aromatic rings. The van der Waals surface area contributed by atoms with Crippen LogP contribution in [0.4, 0.5) is 0 Å². The number of aryl methyl sites for hydroxylation is 1. The van der Waals surface area contributed by atoms with Crippen molar-refractivity contribution in [3.05, 3.63) is 66.5 Å². The lowest BCUT2D eigenvalue weighted by molar-refractivity contribution is 0.0951. The number of hydrogen-bond acceptors (Lipinski definition) is 4. The van der Waals surface area contributed by atoms with Crippen LogP contribution in [-0.2, 0) is 13.6 Å². The molecule has 0 radical (unpaired) electrons. The van der Waals surface area contributed by atoms with Crippen LogP contribution in [0.15, 0.2) is 55.4 Å². The predicted molar refractivity (Wildman–Crippen MR) is 93.7 cm³/mol. The third-order valence-corrected chi connectivity index (χ3v) is 3.97. The first kappa shape index (κ1) is 15.1. The number of nitrogens with zero attached hydrogens (tertiary/aromatic N) is 4. The minimum atomic E-state index is -0.136. The number of H-pyrrole nitrogens is 1. The maximum atomic E-state index is 12.4. The summed E-state index contributed by atoms with van der Waals surface area (Å²) in [7, 11) is 1.87. The number of amides is 1. The van der Waals surface area contributed by atoms with Gasteiger partial charge in [-0.15, -0.1) is 0 Å². The van der Waals surface area contributed by atoms with Gasteiger partial charge in [0, 0.05) is 48.9 Å². The van der Waals surface area contributed by atoms with E-state index in [2.05, 4.69) is 25.4 Å². The summed E-state index contributed by atoms with van der Waals surface area (Å²) in [6, 6.07) is 7.39. The number of rotatable bonds is 4. The molecular formula is C18H16N6O. The summed E-state index contributed by atoms with van der Waals surface area (Å²) < 4.78 is 1.75. The Labute approximate surface area is 143 Å². The zero-order valence-electron chi connectivity index (χ0n) is 13.6. The van der Waals surface area contributed by atoms with E-state index >= 15 is 0 Å². The highest BCUT2D eigenvalue weighted by Gasteiger charge is 2.08. The molecule has 4 rings (SSSR count). The molecule has 0 bridgehead atoms. The Morgan fingerprint density at radius 2 is 2.12 bits per heavy atom. The van der Waals surface area contributed by atoms with E-state index in [0.29, 0.717) is 12.1 Å². The van der Waals surface area contributed by atoms with Crippen LogP contribution < -0.4 is 5.32 Å². The first-order valence-corrected chi connectivity index (χ1v) is 7.83. The number of aromatic nitrogens is 5. The van der Waals surface area contributed by atoms with Crippen molar-refractivity contribution in [1.29, 1.82) is 0 Å². The molecule has 25 heavy (non-hydrogen) atoms. The molecular weight excluding hydrogens is 316 g/mol. The molecule has 0 aliphatic carbocycles. The van der Waals surface area contributed by atoms with Crippen LogP contribution in [0.25, 0.3) is 22.2 Å². The van der Waals surface area contributed by atoms with E-state index in [4.69, 9.17) is 0 Å². The van der Waals surface area contributed by atoms with Crippen molar-refractivity contribution in [1.82, 2.24) is 30.0 Å². The summed E-state index contributed by atoms with van der Waals surface area (Å²) in [5, 5.41) is 7.09. The van der Waals surface area contributed by atoms with E-state index < -0.39 is 0 Å². The van der Waals surface area contributed by atoms with Crippen LogP contribution in [0.3, 0.4) is 0 Å². The van der Waals surface area contributed by atoms with E-state index in [1.807, 2.05) is 25.4 Å². The Bertz CT molecular complexity index is 1050. The third kappa shape index (κ3) is 3.12. The number of fused-ring (bicyclic) bond motifs is 1. The Morgan fingerprint density at radius 1 is 1.20 bits per heavy atom. The van der Waals surface area contributed by atoms with E-state index in [0.717, 1.165) is 27.7 Å². The average Bonchev–Trinajstić information content (AvgIpc) is 3.28. The third-order valence-electron chi connectivity index (χ3n) is 3.97. The summed E-state index contributed by atoms with van der Waals surface area (Å²) >= 11 is 0. The molecule has 7 heteroatoms. The molecule has 1 amide bonds. The lowest BCUT2D eigenvalue weighted by atomic mass is 10.1. The molecule has 2 N–H and O–H groups in total. The zero-order valence-corrected chi connectivity index (χ0v) is 13.6. The van der Waals surface area contributed by atoms with Gasteiger partial charge in [-0.25, -0.2) is 4.98 Å². The van der Waals surface area contributed by atoms with Crippen molar-refractivity contribution in [3.8, 4) is 11.1 Å². The van der Waals surface area contributed by atoms with Crippen LogP contribution in [0.5, 0.6) is 0 Å². The van der Waals surface area contributed by atoms with Gasteiger partial charge < -0.3 is 10.3 Å². The Morgan fingerprint density at radius 3 is 2.96 bits per heavy atom. The van der Waals surface area contributed by atoms with Crippen LogP contribution in [0, 0.1) is 0 Å². The van der Waals surface area contributed by atoms with Gasteiger partial charge in [-0.2, -0.15) is 5.10 Å². The Hall–Kier alpha value is -3.48. The van der Waals surface area contributed by atoms with Crippen molar-refractivity contribution in [2.45, 2.75) is 6.54 Å². The summed E-state index contributed by atoms with van der Waals surface area (Å²) in [5.41, 5.74) is 5.16. The first-order valence-electron chi connectivity index (χ1n) is 7.83. The maximum absolute atomic E-state index is 12.4. The second-order valence-corrected chi connectivity index (χ2v) is 5.80. The van der Waals surface area contributed by atoms with E-state index in [1.165, 1.54) is 0 Å². The maximum Gasteiger partial charge on any atom is 0.251 e. The molecule has 124 valence electrons. The summed E-state index contributed by atoms with van der Waals surface area (Å²) in [6.07, 6.45) is 8.87. The second kappa shape index (κ2) is 6.20. The van der Waals surface area contributed by atoms with Gasteiger partial charge in [0.2, 0.25) is 0 Å². The van der Waals surface area contributed by atoms with E-state index in [-0.39, 0.29) is 5.91 Å². The van der Waals surface area contributed by atoms with Crippen LogP contribution >= 0.6 is 0 Å². The monoisotopic (exact) mass is 332 g/mol. The first-order chi connectivity index (χ1) is 12.2. The molecule has 0 aliphatic heterocycles. The Balaban J connectivity index is 1.48. The van der Waals surface area contributed by atoms with Gasteiger partial charge in [-0.1, -0.05) is 0 Å². The molecule has 3 aromatic heterocycles. The molecule has 0 spiro atoms. The SMILES string of the molecule is Cn1cc(-c2cncc(CNC(=O)c3ccc4nc[nH]c4c3)c2)cn1. The van der Waals surface area contributed by atoms with Gasteiger partial charge in [0.1, 0.15) is 0 Å². The van der Waals surface area contributed by atoms with Gasteiger partial charge in [-0.05, 0) is 29.8 Å². The largest absolute Gasteiger partial charge is 0.348 e. The molecule has 0 saturated heterocycles. The highest BCUT2D eigenvalue weighted by atomic mass is 16.1. The lowest BCUT2D eigenvalue weighted by Crippen LogP contribution is -2.22.